The lowest BCUT2D eigenvalue weighted by Gasteiger charge is -2.40. The summed E-state index contributed by atoms with van der Waals surface area (Å²) in [6, 6.07) is 8.12. The lowest BCUT2D eigenvalue weighted by atomic mass is 9.84. The fourth-order valence-corrected chi connectivity index (χ4v) is 5.50. The van der Waals surface area contributed by atoms with E-state index < -0.39 is 18.4 Å². The summed E-state index contributed by atoms with van der Waals surface area (Å²) in [6.07, 6.45) is 5.62. The van der Waals surface area contributed by atoms with Gasteiger partial charge in [0, 0.05) is 50.2 Å². The minimum atomic E-state index is -2.69. The number of benzene rings is 1. The molecule has 1 unspecified atom stereocenters. The summed E-state index contributed by atoms with van der Waals surface area (Å²) in [7, 11) is 0. The van der Waals surface area contributed by atoms with Crippen molar-refractivity contribution < 1.29 is 28.2 Å². The van der Waals surface area contributed by atoms with Gasteiger partial charge in [0.2, 0.25) is 11.8 Å². The Morgan fingerprint density at radius 3 is 2.39 bits per heavy atom. The van der Waals surface area contributed by atoms with Crippen molar-refractivity contribution in [2.24, 2.45) is 5.92 Å². The van der Waals surface area contributed by atoms with E-state index in [1.54, 1.807) is 35.5 Å². The standard InChI is InChI=1S/C29H37F2N3O4/c30-28(31)23-3-1-2-22(18-23)27(29(37)33-19-21-10-14-32-15-11-21)34(24-12-16-38-17-13-24)26(36)9-6-20-4-7-25(35)8-5-20/h1-3,10-11,14-15,18,20,24-25,27-28,35H,4-9,12-13,16-17,19H2,(H,33,37). The van der Waals surface area contributed by atoms with Gasteiger partial charge in [-0.1, -0.05) is 18.2 Å². The molecule has 2 amide bonds. The van der Waals surface area contributed by atoms with Crippen LogP contribution in [0.3, 0.4) is 0 Å². The molecular formula is C29H37F2N3O4. The van der Waals surface area contributed by atoms with Crippen molar-refractivity contribution >= 4 is 11.8 Å². The molecule has 1 saturated heterocycles. The van der Waals surface area contributed by atoms with Crippen molar-refractivity contribution in [3.63, 3.8) is 0 Å². The Morgan fingerprint density at radius 1 is 1.03 bits per heavy atom. The Bertz CT molecular complexity index is 1040. The zero-order chi connectivity index (χ0) is 26.9. The number of nitrogens with zero attached hydrogens (tertiary/aromatic N) is 2. The predicted molar refractivity (Wildman–Crippen MR) is 138 cm³/mol. The number of hydrogen-bond donors (Lipinski definition) is 2. The van der Waals surface area contributed by atoms with Gasteiger partial charge in [0.05, 0.1) is 6.10 Å². The second-order valence-electron chi connectivity index (χ2n) is 10.3. The molecule has 206 valence electrons. The quantitative estimate of drug-likeness (QED) is 0.465. The van der Waals surface area contributed by atoms with E-state index in [1.165, 1.54) is 18.2 Å². The number of hydrogen-bond acceptors (Lipinski definition) is 5. The van der Waals surface area contributed by atoms with Crippen LogP contribution < -0.4 is 5.32 Å². The Labute approximate surface area is 222 Å². The average Bonchev–Trinajstić information content (AvgIpc) is 2.95. The van der Waals surface area contributed by atoms with E-state index in [2.05, 4.69) is 10.3 Å². The number of rotatable bonds is 10. The summed E-state index contributed by atoms with van der Waals surface area (Å²) in [5.41, 5.74) is 1.03. The molecule has 1 aromatic carbocycles. The molecule has 0 radical (unpaired) electrons. The lowest BCUT2D eigenvalue weighted by Crippen LogP contribution is -2.50. The Hall–Kier alpha value is -2.91. The summed E-state index contributed by atoms with van der Waals surface area (Å²) in [5, 5.41) is 12.8. The number of aromatic nitrogens is 1. The molecule has 0 spiro atoms. The van der Waals surface area contributed by atoms with E-state index in [-0.39, 0.29) is 36.6 Å². The van der Waals surface area contributed by atoms with Gasteiger partial charge in [0.25, 0.3) is 6.43 Å². The summed E-state index contributed by atoms with van der Waals surface area (Å²) < 4.78 is 32.8. The van der Waals surface area contributed by atoms with Crippen molar-refractivity contribution in [3.8, 4) is 0 Å². The fourth-order valence-electron chi connectivity index (χ4n) is 5.50. The number of alkyl halides is 2. The molecule has 1 atom stereocenters. The zero-order valence-corrected chi connectivity index (χ0v) is 21.6. The summed E-state index contributed by atoms with van der Waals surface area (Å²) >= 11 is 0. The van der Waals surface area contributed by atoms with Crippen LogP contribution in [-0.4, -0.2) is 52.2 Å². The maximum atomic E-state index is 13.9. The van der Waals surface area contributed by atoms with Gasteiger partial charge in [0.15, 0.2) is 0 Å². The van der Waals surface area contributed by atoms with Crippen LogP contribution in [0.25, 0.3) is 0 Å². The van der Waals surface area contributed by atoms with E-state index in [0.29, 0.717) is 44.0 Å². The van der Waals surface area contributed by atoms with Crippen LogP contribution in [0.2, 0.25) is 0 Å². The van der Waals surface area contributed by atoms with Crippen LogP contribution in [0.5, 0.6) is 0 Å². The molecule has 1 aliphatic heterocycles. The normalized spacial score (nSPS) is 21.2. The largest absolute Gasteiger partial charge is 0.393 e. The molecule has 2 aliphatic rings. The highest BCUT2D eigenvalue weighted by atomic mass is 19.3. The highest BCUT2D eigenvalue weighted by Gasteiger charge is 2.37. The maximum absolute atomic E-state index is 13.9. The van der Waals surface area contributed by atoms with E-state index in [4.69, 9.17) is 4.74 Å². The van der Waals surface area contributed by atoms with Gasteiger partial charge in [-0.2, -0.15) is 0 Å². The van der Waals surface area contributed by atoms with Gasteiger partial charge >= 0.3 is 0 Å². The minimum absolute atomic E-state index is 0.158. The zero-order valence-electron chi connectivity index (χ0n) is 21.6. The Kier molecular flexibility index (Phi) is 10.2. The summed E-state index contributed by atoms with van der Waals surface area (Å²) in [6.45, 7) is 1.17. The first-order valence-corrected chi connectivity index (χ1v) is 13.5. The highest BCUT2D eigenvalue weighted by Crippen LogP contribution is 2.33. The first kappa shape index (κ1) is 28.1. The van der Waals surface area contributed by atoms with Crippen molar-refractivity contribution in [2.45, 2.75) is 82.5 Å². The van der Waals surface area contributed by atoms with Crippen LogP contribution >= 0.6 is 0 Å². The molecule has 9 heteroatoms. The minimum Gasteiger partial charge on any atom is -0.393 e. The smallest absolute Gasteiger partial charge is 0.263 e. The molecule has 7 nitrogen and oxygen atoms in total. The Morgan fingerprint density at radius 2 is 1.71 bits per heavy atom. The molecule has 38 heavy (non-hydrogen) atoms. The molecule has 1 saturated carbocycles. The van der Waals surface area contributed by atoms with Crippen LogP contribution in [-0.2, 0) is 20.9 Å². The third-order valence-electron chi connectivity index (χ3n) is 7.68. The SMILES string of the molecule is O=C(NCc1ccncc1)C(c1cccc(C(F)F)c1)N(C(=O)CCC1CCC(O)CC1)C1CCOCC1. The number of halogens is 2. The molecule has 2 N–H and O–H groups in total. The maximum Gasteiger partial charge on any atom is 0.263 e. The van der Waals surface area contributed by atoms with E-state index in [9.17, 15) is 23.5 Å². The number of carbonyl (C=O) groups is 2. The van der Waals surface area contributed by atoms with Gasteiger partial charge in [-0.15, -0.1) is 0 Å². The second-order valence-corrected chi connectivity index (χ2v) is 10.3. The van der Waals surface area contributed by atoms with Crippen molar-refractivity contribution in [2.75, 3.05) is 13.2 Å². The molecule has 2 heterocycles. The van der Waals surface area contributed by atoms with Gasteiger partial charge in [-0.05, 0) is 80.2 Å². The molecule has 2 aromatic rings. The molecule has 1 aromatic heterocycles. The predicted octanol–water partition coefficient (Wildman–Crippen LogP) is 4.72. The molecule has 1 aliphatic carbocycles. The Balaban J connectivity index is 1.61. The van der Waals surface area contributed by atoms with Crippen molar-refractivity contribution in [1.29, 1.82) is 0 Å². The third-order valence-corrected chi connectivity index (χ3v) is 7.68. The summed E-state index contributed by atoms with van der Waals surface area (Å²) in [5.74, 6) is -0.219. The molecule has 0 bridgehead atoms. The average molecular weight is 530 g/mol. The molecule has 4 rings (SSSR count). The number of carbonyl (C=O) groups excluding carboxylic acids is 2. The topological polar surface area (TPSA) is 91.8 Å². The van der Waals surface area contributed by atoms with Gasteiger partial charge in [-0.25, -0.2) is 8.78 Å². The van der Waals surface area contributed by atoms with E-state index in [0.717, 1.165) is 31.2 Å². The number of ether oxygens (including phenoxy) is 1. The fraction of sp³-hybridized carbons (Fsp3) is 0.552. The highest BCUT2D eigenvalue weighted by molar-refractivity contribution is 5.89. The lowest BCUT2D eigenvalue weighted by molar-refractivity contribution is -0.146. The molecular weight excluding hydrogens is 492 g/mol. The number of nitrogens with one attached hydrogen (secondary N) is 1. The van der Waals surface area contributed by atoms with Crippen LogP contribution in [0.4, 0.5) is 8.78 Å². The van der Waals surface area contributed by atoms with E-state index in [1.807, 2.05) is 0 Å². The van der Waals surface area contributed by atoms with Crippen LogP contribution in [0.1, 0.15) is 80.5 Å². The van der Waals surface area contributed by atoms with Gasteiger partial charge in [-0.3, -0.25) is 14.6 Å². The summed E-state index contributed by atoms with van der Waals surface area (Å²) in [4.78, 5) is 33.2. The first-order valence-electron chi connectivity index (χ1n) is 13.5. The number of pyridine rings is 1. The van der Waals surface area contributed by atoms with Crippen LogP contribution in [0, 0.1) is 5.92 Å². The van der Waals surface area contributed by atoms with E-state index >= 15 is 0 Å². The second kappa shape index (κ2) is 13.8. The number of aliphatic hydroxyl groups is 1. The number of aliphatic hydroxyl groups excluding tert-OH is 1. The van der Waals surface area contributed by atoms with Gasteiger partial charge < -0.3 is 20.1 Å². The third kappa shape index (κ3) is 7.57. The first-order chi connectivity index (χ1) is 18.4. The van der Waals surface area contributed by atoms with Crippen molar-refractivity contribution in [1.82, 2.24) is 15.2 Å². The van der Waals surface area contributed by atoms with Crippen LogP contribution in [0.15, 0.2) is 48.8 Å². The number of amides is 2. The van der Waals surface area contributed by atoms with Crippen molar-refractivity contribution in [3.05, 3.63) is 65.5 Å². The monoisotopic (exact) mass is 529 g/mol. The van der Waals surface area contributed by atoms with Gasteiger partial charge in [0.1, 0.15) is 6.04 Å². The molecule has 2 fully saturated rings.